The van der Waals surface area contributed by atoms with Crippen LogP contribution in [0.4, 0.5) is 23.8 Å². The molecule has 0 unspecified atom stereocenters. The molecule has 4 aliphatic heterocycles. The number of aromatic amines is 4. The van der Waals surface area contributed by atoms with Gasteiger partial charge in [0.2, 0.25) is 23.8 Å². The summed E-state index contributed by atoms with van der Waals surface area (Å²) in [5.74, 6) is 3.69. The Bertz CT molecular complexity index is 4070. The number of aromatic nitrogens is 12. The molecule has 12 aromatic rings. The van der Waals surface area contributed by atoms with Gasteiger partial charge in [-0.15, -0.1) is 0 Å². The zero-order chi connectivity index (χ0) is 56.6. The molecule has 4 aliphatic rings. The topological polar surface area (TPSA) is 316 Å². The monoisotopic (exact) mass is 1250 g/mol. The molecule has 26 heteroatoms. The van der Waals surface area contributed by atoms with Gasteiger partial charge in [-0.3, -0.25) is 30.6 Å². The van der Waals surface area contributed by atoms with Crippen molar-refractivity contribution in [2.24, 2.45) is 20.0 Å². The Labute approximate surface area is 523 Å². The average Bonchev–Trinajstić information content (AvgIpc) is 1.57. The number of aryl methyl sites for hydroxylation is 4. The van der Waals surface area contributed by atoms with Crippen molar-refractivity contribution in [1.82, 2.24) is 70.4 Å². The number of H-pyrrole nitrogens is 4. The Hall–Kier alpha value is -10.3. The van der Waals surface area contributed by atoms with Gasteiger partial charge in [-0.05, 0) is 135 Å². The molecule has 87 heavy (non-hydrogen) atoms. The maximum Gasteiger partial charge on any atom is 2.00 e. The van der Waals surface area contributed by atoms with Crippen molar-refractivity contribution in [3.05, 3.63) is 233 Å². The van der Waals surface area contributed by atoms with Crippen molar-refractivity contribution in [1.29, 1.82) is 0 Å². The van der Waals surface area contributed by atoms with Gasteiger partial charge in [0.05, 0.1) is 55.5 Å². The molecular formula is C61H53N24Zn2-. The second-order valence-electron chi connectivity index (χ2n) is 20.9. The molecule has 0 amide bonds. The number of guanidine groups is 4. The number of nitrogens with one attached hydrogen (secondary N) is 10. The average molecular weight is 1250 g/mol. The number of hydrogen-bond acceptors (Lipinski definition) is 18. The van der Waals surface area contributed by atoms with E-state index in [1.54, 1.807) is 37.2 Å². The number of nitrogens with zero attached hydrogens (tertiary/aromatic N) is 14. The van der Waals surface area contributed by atoms with Crippen LogP contribution in [0.15, 0.2) is 191 Å². The molecule has 0 spiro atoms. The van der Waals surface area contributed by atoms with Gasteiger partial charge in [0.25, 0.3) is 0 Å². The van der Waals surface area contributed by atoms with E-state index in [4.69, 9.17) is 50.5 Å². The van der Waals surface area contributed by atoms with Gasteiger partial charge in [-0.1, -0.05) is 48.5 Å². The zero-order valence-electron chi connectivity index (χ0n) is 47.8. The van der Waals surface area contributed by atoms with Crippen molar-refractivity contribution in [2.45, 2.75) is 50.3 Å². The van der Waals surface area contributed by atoms with E-state index in [0.29, 0.717) is 59.0 Å². The standard InChI is InChI=1S/2C30H25N12.CH3.2Zn/c2*1-17-8-10-20-22(14-17)35-25(33-20)37-27-39-29(19-6-5-12-31-16-19)30(41-27,24-7-3-4-13-32-24)42-28(40-29)38-26-34-21-11-9-18(2)15-23(21)36-26;;;/h2*3-16H,1-2H3,(H5-,33,34,35,36,37,38,39,40,41,42);1H3;;/q3*-1;;+2/t2*29-,30+;;;. The molecule has 24 nitrogen and oxygen atoms in total. The largest absolute Gasteiger partial charge is 2.00 e. The van der Waals surface area contributed by atoms with Crippen molar-refractivity contribution in [2.75, 3.05) is 21.3 Å². The number of aliphatic imine (C=N–C) groups is 4. The molecule has 0 aliphatic carbocycles. The first-order valence-electron chi connectivity index (χ1n) is 27.0. The zero-order valence-corrected chi connectivity index (χ0v) is 53.8. The van der Waals surface area contributed by atoms with Crippen molar-refractivity contribution in [3.63, 3.8) is 0 Å². The summed E-state index contributed by atoms with van der Waals surface area (Å²) in [5, 5.41) is 30.4. The molecule has 0 bridgehead atoms. The second-order valence-corrected chi connectivity index (χ2v) is 20.9. The van der Waals surface area contributed by atoms with Gasteiger partial charge in [-0.2, -0.15) is 0 Å². The third-order valence-corrected chi connectivity index (χ3v) is 14.9. The maximum atomic E-state index is 5.13. The number of imidazole rings is 4. The fraction of sp³-hybridized carbons (Fsp3) is 0.131. The molecule has 422 valence electrons. The van der Waals surface area contributed by atoms with E-state index < -0.39 is 22.7 Å². The summed E-state index contributed by atoms with van der Waals surface area (Å²) >= 11 is 0. The fourth-order valence-corrected chi connectivity index (χ4v) is 11.1. The Morgan fingerprint density at radius 1 is 0.402 bits per heavy atom. The minimum absolute atomic E-state index is 0. The van der Waals surface area contributed by atoms with E-state index >= 15 is 0 Å². The molecule has 0 fully saturated rings. The van der Waals surface area contributed by atoms with Gasteiger partial charge in [0.1, 0.15) is 11.9 Å². The predicted octanol–water partition coefficient (Wildman–Crippen LogP) is 10.0. The number of rotatable bonds is 8. The number of hydrogen-bond donors (Lipinski definition) is 10. The summed E-state index contributed by atoms with van der Waals surface area (Å²) in [5.41, 5.74) is 9.35. The van der Waals surface area contributed by atoms with E-state index in [1.165, 1.54) is 0 Å². The Kier molecular flexibility index (Phi) is 14.6. The SMILES string of the molecule is Cc1ccc2nc(NC3=N[C@]4(c5ccccn5)NC(Nc5nc6ccc(C)cc6[nH]5)=N[C@]4(c4cccnc4)[N-]3)[nH]c2c1.Cc1ccc2nc(NC3=N[C@]4(c5ccccn5)NC(Nc5nc6ccc(C)cc6[nH]5)=N[C@]4(c4cccnc4)[N-]3)[nH]c2c1.[CH3-].[Zn+2].[Zn]. The van der Waals surface area contributed by atoms with Crippen LogP contribution in [0.25, 0.3) is 54.8 Å². The van der Waals surface area contributed by atoms with Crippen LogP contribution in [0.3, 0.4) is 0 Å². The van der Waals surface area contributed by atoms with Crippen LogP contribution in [0.5, 0.6) is 0 Å². The number of pyridine rings is 4. The Morgan fingerprint density at radius 3 is 1.08 bits per heavy atom. The first-order chi connectivity index (χ1) is 41.0. The normalized spacial score (nSPS) is 20.3. The van der Waals surface area contributed by atoms with E-state index in [2.05, 4.69) is 83.9 Å². The summed E-state index contributed by atoms with van der Waals surface area (Å²) in [6, 6.07) is 43.2. The summed E-state index contributed by atoms with van der Waals surface area (Å²) in [6.07, 6.45) is 10.4. The Balaban J connectivity index is 0.000000164. The smallest absolute Gasteiger partial charge is 0.383 e. The summed E-state index contributed by atoms with van der Waals surface area (Å²) in [7, 11) is 0. The number of benzene rings is 4. The summed E-state index contributed by atoms with van der Waals surface area (Å²) in [6.45, 7) is 8.17. The van der Waals surface area contributed by atoms with Gasteiger partial charge in [0.15, 0.2) is 22.7 Å². The minimum atomic E-state index is -1.27. The van der Waals surface area contributed by atoms with Crippen LogP contribution in [0.1, 0.15) is 44.8 Å². The second kappa shape index (κ2) is 22.3. The maximum absolute atomic E-state index is 5.13. The van der Waals surface area contributed by atoms with Crippen molar-refractivity contribution < 1.29 is 39.0 Å². The third-order valence-electron chi connectivity index (χ3n) is 14.9. The molecule has 0 saturated heterocycles. The van der Waals surface area contributed by atoms with Gasteiger partial charge < -0.3 is 69.2 Å². The van der Waals surface area contributed by atoms with Crippen LogP contribution in [0.2, 0.25) is 0 Å². The molecule has 4 aromatic carbocycles. The molecule has 0 saturated carbocycles. The minimum Gasteiger partial charge on any atom is -0.383 e. The van der Waals surface area contributed by atoms with Gasteiger partial charge in [-0.25, -0.2) is 29.9 Å². The van der Waals surface area contributed by atoms with Crippen LogP contribution >= 0.6 is 0 Å². The first-order valence-corrected chi connectivity index (χ1v) is 27.0. The van der Waals surface area contributed by atoms with Gasteiger partial charge in [0, 0.05) is 79.7 Å². The number of fused-ring (bicyclic) bond motifs is 6. The molecule has 16 rings (SSSR count). The Morgan fingerprint density at radius 2 is 0.759 bits per heavy atom. The van der Waals surface area contributed by atoms with Crippen LogP contribution in [0, 0.1) is 35.1 Å². The van der Waals surface area contributed by atoms with E-state index in [0.717, 1.165) is 77.5 Å². The molecule has 4 atom stereocenters. The quantitative estimate of drug-likeness (QED) is 0.0500. The molecule has 0 radical (unpaired) electrons. The fourth-order valence-electron chi connectivity index (χ4n) is 11.1. The van der Waals surface area contributed by atoms with Gasteiger partial charge >= 0.3 is 19.5 Å². The molecule has 12 heterocycles. The van der Waals surface area contributed by atoms with Crippen LogP contribution in [-0.4, -0.2) is 83.6 Å². The van der Waals surface area contributed by atoms with E-state index in [9.17, 15) is 0 Å². The third kappa shape index (κ3) is 9.91. The molecule has 10 N–H and O–H groups in total. The number of anilines is 4. The van der Waals surface area contributed by atoms with E-state index in [1.807, 2.05) is 149 Å². The van der Waals surface area contributed by atoms with Crippen molar-refractivity contribution >= 4 is 91.8 Å². The van der Waals surface area contributed by atoms with Crippen LogP contribution < -0.4 is 31.9 Å². The summed E-state index contributed by atoms with van der Waals surface area (Å²) in [4.78, 5) is 70.8. The van der Waals surface area contributed by atoms with Crippen molar-refractivity contribution in [3.8, 4) is 0 Å². The predicted molar refractivity (Wildman–Crippen MR) is 331 cm³/mol. The molecule has 8 aromatic heterocycles. The van der Waals surface area contributed by atoms with Crippen LogP contribution in [-0.2, 0) is 61.6 Å². The van der Waals surface area contributed by atoms with E-state index in [-0.39, 0.29) is 46.4 Å². The first kappa shape index (κ1) is 57.1. The summed E-state index contributed by atoms with van der Waals surface area (Å²) < 4.78 is 0. The molecular weight excluding hydrogens is 1200 g/mol.